The van der Waals surface area contributed by atoms with Gasteiger partial charge in [0.25, 0.3) is 0 Å². The lowest BCUT2D eigenvalue weighted by molar-refractivity contribution is -0.105. The molecule has 2 aromatic carbocycles. The van der Waals surface area contributed by atoms with Crippen LogP contribution in [0.5, 0.6) is 11.5 Å². The topological polar surface area (TPSA) is 31.0 Å². The lowest BCUT2D eigenvalue weighted by Gasteiger charge is -2.15. The van der Waals surface area contributed by atoms with Crippen LogP contribution in [0.4, 0.5) is 0 Å². The fraction of sp³-hybridized carbons (Fsp3) is 0.143. The van der Waals surface area contributed by atoms with Crippen LogP contribution >= 0.6 is 0 Å². The van der Waals surface area contributed by atoms with E-state index in [-0.39, 0.29) is 0 Å². The average Bonchev–Trinajstić information content (AvgIpc) is 3.11. The Balaban J connectivity index is 1.71. The van der Waals surface area contributed by atoms with Crippen molar-refractivity contribution in [3.05, 3.63) is 60.7 Å². The summed E-state index contributed by atoms with van der Waals surface area (Å²) >= 11 is 0. The minimum Gasteiger partial charge on any atom is -0.428 e. The van der Waals surface area contributed by atoms with E-state index >= 15 is 0 Å². The molecular formula is C14H12O3. The summed E-state index contributed by atoms with van der Waals surface area (Å²) < 4.78 is 16.6. The SMILES string of the molecule is c1ccc(OC2(Oc3ccccc3)CO2)cc1. The van der Waals surface area contributed by atoms with E-state index in [2.05, 4.69) is 0 Å². The first-order chi connectivity index (χ1) is 8.36. The predicted octanol–water partition coefficient (Wildman–Crippen LogP) is 2.83. The minimum absolute atomic E-state index is 0.441. The molecule has 3 heteroatoms. The second-order valence-electron chi connectivity index (χ2n) is 3.80. The van der Waals surface area contributed by atoms with Gasteiger partial charge in [-0.3, -0.25) is 4.74 Å². The predicted molar refractivity (Wildman–Crippen MR) is 62.8 cm³/mol. The summed E-state index contributed by atoms with van der Waals surface area (Å²) in [6, 6.07) is 19.0. The van der Waals surface area contributed by atoms with Crippen molar-refractivity contribution >= 4 is 0 Å². The van der Waals surface area contributed by atoms with Crippen molar-refractivity contribution in [3.63, 3.8) is 0 Å². The van der Waals surface area contributed by atoms with E-state index in [1.54, 1.807) is 0 Å². The molecule has 86 valence electrons. The summed E-state index contributed by atoms with van der Waals surface area (Å²) in [5.74, 6) is 0.532. The van der Waals surface area contributed by atoms with Gasteiger partial charge < -0.3 is 9.47 Å². The van der Waals surface area contributed by atoms with Crippen LogP contribution in [0.2, 0.25) is 0 Å². The summed E-state index contributed by atoms with van der Waals surface area (Å²) in [4.78, 5) is 0. The molecule has 1 aliphatic rings. The molecule has 2 aromatic rings. The van der Waals surface area contributed by atoms with Crippen molar-refractivity contribution in [3.8, 4) is 11.5 Å². The van der Waals surface area contributed by atoms with Crippen LogP contribution in [0.3, 0.4) is 0 Å². The summed E-state index contributed by atoms with van der Waals surface area (Å²) in [5, 5.41) is 0. The van der Waals surface area contributed by atoms with Gasteiger partial charge in [-0.15, -0.1) is 0 Å². The first-order valence-electron chi connectivity index (χ1n) is 5.48. The van der Waals surface area contributed by atoms with Gasteiger partial charge in [0.2, 0.25) is 0 Å². The van der Waals surface area contributed by atoms with Gasteiger partial charge in [0.05, 0.1) is 0 Å². The fourth-order valence-corrected chi connectivity index (χ4v) is 1.53. The molecular weight excluding hydrogens is 216 g/mol. The molecule has 0 saturated carbocycles. The molecule has 0 aliphatic carbocycles. The minimum atomic E-state index is -0.942. The third kappa shape index (κ3) is 2.40. The number of hydrogen-bond acceptors (Lipinski definition) is 3. The van der Waals surface area contributed by atoms with Crippen molar-refractivity contribution in [2.75, 3.05) is 6.61 Å². The maximum atomic E-state index is 5.67. The number of benzene rings is 2. The molecule has 0 aromatic heterocycles. The van der Waals surface area contributed by atoms with Crippen LogP contribution < -0.4 is 9.47 Å². The summed E-state index contributed by atoms with van der Waals surface area (Å²) in [7, 11) is 0. The van der Waals surface area contributed by atoms with Crippen LogP contribution in [0, 0.1) is 0 Å². The Morgan fingerprint density at radius 3 is 1.53 bits per heavy atom. The summed E-state index contributed by atoms with van der Waals surface area (Å²) in [6.07, 6.45) is 0. The van der Waals surface area contributed by atoms with E-state index < -0.39 is 5.97 Å². The van der Waals surface area contributed by atoms with Gasteiger partial charge in [-0.2, -0.15) is 0 Å². The Hall–Kier alpha value is -2.00. The average molecular weight is 228 g/mol. The Morgan fingerprint density at radius 2 is 1.18 bits per heavy atom. The van der Waals surface area contributed by atoms with Crippen molar-refractivity contribution in [1.29, 1.82) is 0 Å². The van der Waals surface area contributed by atoms with Gasteiger partial charge in [0, 0.05) is 0 Å². The Bertz CT molecular complexity index is 434. The molecule has 0 spiro atoms. The maximum absolute atomic E-state index is 5.67. The number of epoxide rings is 1. The van der Waals surface area contributed by atoms with Crippen molar-refractivity contribution in [1.82, 2.24) is 0 Å². The first kappa shape index (κ1) is 10.2. The third-order valence-electron chi connectivity index (χ3n) is 2.41. The van der Waals surface area contributed by atoms with Gasteiger partial charge >= 0.3 is 5.97 Å². The lowest BCUT2D eigenvalue weighted by atomic mass is 10.3. The van der Waals surface area contributed by atoms with E-state index in [9.17, 15) is 0 Å². The Morgan fingerprint density at radius 1 is 0.765 bits per heavy atom. The van der Waals surface area contributed by atoms with Crippen molar-refractivity contribution in [2.24, 2.45) is 0 Å². The van der Waals surface area contributed by atoms with Gasteiger partial charge in [-0.1, -0.05) is 36.4 Å². The van der Waals surface area contributed by atoms with Gasteiger partial charge in [-0.25, -0.2) is 0 Å². The van der Waals surface area contributed by atoms with E-state index in [0.717, 1.165) is 11.5 Å². The molecule has 17 heavy (non-hydrogen) atoms. The lowest BCUT2D eigenvalue weighted by Crippen LogP contribution is -2.27. The molecule has 0 atom stereocenters. The zero-order valence-electron chi connectivity index (χ0n) is 9.21. The molecule has 1 saturated heterocycles. The second kappa shape index (κ2) is 4.11. The van der Waals surface area contributed by atoms with E-state index in [4.69, 9.17) is 14.2 Å². The normalized spacial score (nSPS) is 16.2. The third-order valence-corrected chi connectivity index (χ3v) is 2.41. The van der Waals surface area contributed by atoms with Crippen LogP contribution in [-0.4, -0.2) is 12.6 Å². The summed E-state index contributed by atoms with van der Waals surface area (Å²) in [5.41, 5.74) is 0. The van der Waals surface area contributed by atoms with E-state index in [0.29, 0.717) is 6.61 Å². The Kier molecular flexibility index (Phi) is 2.46. The van der Waals surface area contributed by atoms with Crippen LogP contribution in [0.15, 0.2) is 60.7 Å². The van der Waals surface area contributed by atoms with E-state index in [1.807, 2.05) is 60.7 Å². The molecule has 0 unspecified atom stereocenters. The highest BCUT2D eigenvalue weighted by Crippen LogP contribution is 2.33. The molecule has 0 radical (unpaired) electrons. The largest absolute Gasteiger partial charge is 0.428 e. The van der Waals surface area contributed by atoms with Crippen LogP contribution in [0.25, 0.3) is 0 Å². The molecule has 0 bridgehead atoms. The first-order valence-corrected chi connectivity index (χ1v) is 5.48. The zero-order chi connectivity index (χ0) is 11.6. The maximum Gasteiger partial charge on any atom is 0.397 e. The number of hydrogen-bond donors (Lipinski definition) is 0. The highest BCUT2D eigenvalue weighted by molar-refractivity contribution is 5.24. The highest BCUT2D eigenvalue weighted by Gasteiger charge is 2.52. The number of rotatable bonds is 4. The smallest absolute Gasteiger partial charge is 0.397 e. The second-order valence-corrected chi connectivity index (χ2v) is 3.80. The monoisotopic (exact) mass is 228 g/mol. The number of para-hydroxylation sites is 2. The van der Waals surface area contributed by atoms with Crippen LogP contribution in [0.1, 0.15) is 0 Å². The quantitative estimate of drug-likeness (QED) is 0.595. The van der Waals surface area contributed by atoms with E-state index in [1.165, 1.54) is 0 Å². The Labute approximate surface area is 99.6 Å². The molecule has 0 N–H and O–H groups in total. The number of ether oxygens (including phenoxy) is 3. The molecule has 1 heterocycles. The van der Waals surface area contributed by atoms with Gasteiger partial charge in [0.1, 0.15) is 11.5 Å². The highest BCUT2D eigenvalue weighted by atomic mass is 16.9. The van der Waals surface area contributed by atoms with Crippen LogP contribution in [-0.2, 0) is 4.74 Å². The standard InChI is InChI=1S/C14H12O3/c1-3-7-12(8-4-1)16-14(11-15-14)17-13-9-5-2-6-10-13/h1-10H,11H2. The summed E-state index contributed by atoms with van der Waals surface area (Å²) in [6.45, 7) is 0.441. The fourth-order valence-electron chi connectivity index (χ4n) is 1.53. The van der Waals surface area contributed by atoms with Gasteiger partial charge in [-0.05, 0) is 24.3 Å². The van der Waals surface area contributed by atoms with Crippen molar-refractivity contribution in [2.45, 2.75) is 5.97 Å². The zero-order valence-corrected chi connectivity index (χ0v) is 9.21. The molecule has 1 fully saturated rings. The molecule has 3 rings (SSSR count). The molecule has 3 nitrogen and oxygen atoms in total. The van der Waals surface area contributed by atoms with Gasteiger partial charge in [0.15, 0.2) is 6.61 Å². The molecule has 1 aliphatic heterocycles. The van der Waals surface area contributed by atoms with Crippen molar-refractivity contribution < 1.29 is 14.2 Å². The molecule has 0 amide bonds.